The lowest BCUT2D eigenvalue weighted by Gasteiger charge is -2.22. The van der Waals surface area contributed by atoms with Gasteiger partial charge in [-0.2, -0.15) is 5.26 Å². The summed E-state index contributed by atoms with van der Waals surface area (Å²) in [6.07, 6.45) is 4.25. The van der Waals surface area contributed by atoms with Gasteiger partial charge in [0, 0.05) is 6.42 Å². The second-order valence-electron chi connectivity index (χ2n) is 4.55. The van der Waals surface area contributed by atoms with Crippen molar-refractivity contribution in [3.8, 4) is 6.07 Å². The summed E-state index contributed by atoms with van der Waals surface area (Å²) in [5.41, 5.74) is -0.550. The number of rotatable bonds is 3. The Labute approximate surface area is 85.5 Å². The van der Waals surface area contributed by atoms with Gasteiger partial charge in [0.15, 0.2) is 0 Å². The molecule has 0 aromatic rings. The molecular weight excluding hydrogens is 176 g/mol. The Hall–Kier alpha value is -1.04. The lowest BCUT2D eigenvalue weighted by molar-refractivity contribution is -0.123. The van der Waals surface area contributed by atoms with E-state index in [1.165, 1.54) is 0 Å². The van der Waals surface area contributed by atoms with Gasteiger partial charge in [-0.3, -0.25) is 4.79 Å². The zero-order chi connectivity index (χ0) is 10.6. The minimum atomic E-state index is -0.550. The Balaban J connectivity index is 2.49. The Morgan fingerprint density at radius 1 is 1.50 bits per heavy atom. The topological polar surface area (TPSA) is 52.9 Å². The molecule has 0 radical (unpaired) electrons. The molecule has 3 nitrogen and oxygen atoms in total. The highest BCUT2D eigenvalue weighted by Crippen LogP contribution is 2.29. The molecule has 0 aliphatic heterocycles. The van der Waals surface area contributed by atoms with Gasteiger partial charge in [-0.05, 0) is 31.6 Å². The smallest absolute Gasteiger partial charge is 0.221 e. The first-order chi connectivity index (χ1) is 6.58. The first-order valence-corrected chi connectivity index (χ1v) is 5.30. The Bertz CT molecular complexity index is 247. The van der Waals surface area contributed by atoms with E-state index in [0.717, 1.165) is 25.7 Å². The average molecular weight is 194 g/mol. The van der Waals surface area contributed by atoms with E-state index in [2.05, 4.69) is 11.4 Å². The quantitative estimate of drug-likeness (QED) is 0.747. The molecule has 1 aliphatic rings. The summed E-state index contributed by atoms with van der Waals surface area (Å²) < 4.78 is 0. The summed E-state index contributed by atoms with van der Waals surface area (Å²) in [7, 11) is 0. The van der Waals surface area contributed by atoms with Crippen LogP contribution in [0.3, 0.4) is 0 Å². The minimum absolute atomic E-state index is 0.0171. The third kappa shape index (κ3) is 2.73. The molecule has 1 saturated carbocycles. The van der Waals surface area contributed by atoms with Gasteiger partial charge < -0.3 is 5.32 Å². The summed E-state index contributed by atoms with van der Waals surface area (Å²) in [6, 6.07) is 2.25. The molecule has 1 aliphatic carbocycles. The van der Waals surface area contributed by atoms with Crippen LogP contribution in [0.2, 0.25) is 0 Å². The van der Waals surface area contributed by atoms with Crippen molar-refractivity contribution >= 4 is 5.91 Å². The van der Waals surface area contributed by atoms with Crippen molar-refractivity contribution in [1.82, 2.24) is 5.32 Å². The van der Waals surface area contributed by atoms with E-state index in [1.54, 1.807) is 0 Å². The maximum absolute atomic E-state index is 11.5. The van der Waals surface area contributed by atoms with E-state index in [1.807, 2.05) is 13.8 Å². The summed E-state index contributed by atoms with van der Waals surface area (Å²) in [5, 5.41) is 11.9. The molecule has 1 amide bonds. The summed E-state index contributed by atoms with van der Waals surface area (Å²) >= 11 is 0. The summed E-state index contributed by atoms with van der Waals surface area (Å²) in [4.78, 5) is 11.5. The van der Waals surface area contributed by atoms with Crippen LogP contribution in [0.5, 0.6) is 0 Å². The van der Waals surface area contributed by atoms with E-state index in [-0.39, 0.29) is 5.91 Å². The fourth-order valence-electron chi connectivity index (χ4n) is 1.93. The largest absolute Gasteiger partial charge is 0.338 e. The van der Waals surface area contributed by atoms with Crippen molar-refractivity contribution in [3.05, 3.63) is 0 Å². The zero-order valence-corrected chi connectivity index (χ0v) is 8.97. The van der Waals surface area contributed by atoms with Crippen LogP contribution in [0.15, 0.2) is 0 Å². The highest BCUT2D eigenvalue weighted by atomic mass is 16.1. The van der Waals surface area contributed by atoms with Crippen LogP contribution in [-0.4, -0.2) is 11.4 Å². The van der Waals surface area contributed by atoms with Crippen LogP contribution in [0.25, 0.3) is 0 Å². The maximum Gasteiger partial charge on any atom is 0.221 e. The Morgan fingerprint density at radius 3 is 2.50 bits per heavy atom. The number of hydrogen-bond acceptors (Lipinski definition) is 2. The number of hydrogen-bond donors (Lipinski definition) is 1. The van der Waals surface area contributed by atoms with Crippen molar-refractivity contribution in [3.63, 3.8) is 0 Å². The molecule has 0 atom stereocenters. The molecule has 3 heteroatoms. The molecule has 0 spiro atoms. The molecule has 0 bridgehead atoms. The third-order valence-corrected chi connectivity index (χ3v) is 2.64. The third-order valence-electron chi connectivity index (χ3n) is 2.64. The van der Waals surface area contributed by atoms with Gasteiger partial charge in [-0.1, -0.05) is 13.8 Å². The van der Waals surface area contributed by atoms with Gasteiger partial charge in [-0.15, -0.1) is 0 Å². The molecule has 78 valence electrons. The van der Waals surface area contributed by atoms with Crippen LogP contribution < -0.4 is 5.32 Å². The fourth-order valence-corrected chi connectivity index (χ4v) is 1.93. The Kier molecular flexibility index (Phi) is 3.51. The lowest BCUT2D eigenvalue weighted by atomic mass is 9.99. The van der Waals surface area contributed by atoms with Crippen molar-refractivity contribution in [2.24, 2.45) is 5.92 Å². The van der Waals surface area contributed by atoms with Crippen molar-refractivity contribution in [1.29, 1.82) is 5.26 Å². The van der Waals surface area contributed by atoms with Crippen molar-refractivity contribution in [2.45, 2.75) is 51.5 Å². The van der Waals surface area contributed by atoms with Crippen LogP contribution in [0.1, 0.15) is 46.0 Å². The van der Waals surface area contributed by atoms with Gasteiger partial charge in [0.05, 0.1) is 6.07 Å². The van der Waals surface area contributed by atoms with Gasteiger partial charge in [0.2, 0.25) is 5.91 Å². The predicted octanol–water partition coefficient (Wildman–Crippen LogP) is 1.99. The summed E-state index contributed by atoms with van der Waals surface area (Å²) in [6.45, 7) is 4.01. The molecule has 1 N–H and O–H groups in total. The van der Waals surface area contributed by atoms with Crippen LogP contribution in [-0.2, 0) is 4.79 Å². The average Bonchev–Trinajstić information content (AvgIpc) is 2.52. The standard InChI is InChI=1S/C11H18N2O/c1-9(2)7-10(14)13-11(8-12)5-3-4-6-11/h9H,3-7H2,1-2H3,(H,13,14). The summed E-state index contributed by atoms with van der Waals surface area (Å²) in [5.74, 6) is 0.371. The second-order valence-corrected chi connectivity index (χ2v) is 4.55. The van der Waals surface area contributed by atoms with Gasteiger partial charge in [0.25, 0.3) is 0 Å². The number of amides is 1. The Morgan fingerprint density at radius 2 is 2.07 bits per heavy atom. The molecule has 0 unspecified atom stereocenters. The number of nitrogens with one attached hydrogen (secondary N) is 1. The molecule has 0 saturated heterocycles. The van der Waals surface area contributed by atoms with E-state index >= 15 is 0 Å². The molecule has 1 rings (SSSR count). The predicted molar refractivity (Wildman–Crippen MR) is 54.4 cm³/mol. The molecule has 1 fully saturated rings. The second kappa shape index (κ2) is 4.45. The number of carbonyl (C=O) groups is 1. The molecule has 0 aromatic carbocycles. The van der Waals surface area contributed by atoms with Crippen LogP contribution in [0, 0.1) is 17.2 Å². The highest BCUT2D eigenvalue weighted by molar-refractivity contribution is 5.77. The van der Waals surface area contributed by atoms with Crippen LogP contribution >= 0.6 is 0 Å². The van der Waals surface area contributed by atoms with Gasteiger partial charge >= 0.3 is 0 Å². The fraction of sp³-hybridized carbons (Fsp3) is 0.818. The molecule has 0 heterocycles. The number of nitrogens with zero attached hydrogens (tertiary/aromatic N) is 1. The molecular formula is C11H18N2O. The minimum Gasteiger partial charge on any atom is -0.338 e. The van der Waals surface area contributed by atoms with E-state index in [4.69, 9.17) is 5.26 Å². The van der Waals surface area contributed by atoms with E-state index in [0.29, 0.717) is 12.3 Å². The van der Waals surface area contributed by atoms with Gasteiger partial charge in [-0.25, -0.2) is 0 Å². The first-order valence-electron chi connectivity index (χ1n) is 5.30. The van der Waals surface area contributed by atoms with Crippen LogP contribution in [0.4, 0.5) is 0 Å². The van der Waals surface area contributed by atoms with Crippen molar-refractivity contribution in [2.75, 3.05) is 0 Å². The zero-order valence-electron chi connectivity index (χ0n) is 8.97. The number of nitriles is 1. The number of carbonyl (C=O) groups excluding carboxylic acids is 1. The lowest BCUT2D eigenvalue weighted by Crippen LogP contribution is -2.45. The first kappa shape index (κ1) is 11.0. The van der Waals surface area contributed by atoms with Gasteiger partial charge in [0.1, 0.15) is 5.54 Å². The normalized spacial score (nSPS) is 19.3. The van der Waals surface area contributed by atoms with Crippen molar-refractivity contribution < 1.29 is 4.79 Å². The highest BCUT2D eigenvalue weighted by Gasteiger charge is 2.35. The SMILES string of the molecule is CC(C)CC(=O)NC1(C#N)CCCC1. The monoisotopic (exact) mass is 194 g/mol. The maximum atomic E-state index is 11.5. The van der Waals surface area contributed by atoms with E-state index in [9.17, 15) is 4.79 Å². The molecule has 0 aromatic heterocycles. The van der Waals surface area contributed by atoms with E-state index < -0.39 is 5.54 Å². The molecule has 14 heavy (non-hydrogen) atoms.